The van der Waals surface area contributed by atoms with Gasteiger partial charge in [-0.1, -0.05) is 63.4 Å². The molecular formula is C17H29NO. The minimum absolute atomic E-state index is 0.380. The molecule has 0 fully saturated rings. The fourth-order valence-corrected chi connectivity index (χ4v) is 2.38. The summed E-state index contributed by atoms with van der Waals surface area (Å²) in [6, 6.07) is 8.20. The molecule has 1 N–H and O–H groups in total. The van der Waals surface area contributed by atoms with Crippen LogP contribution in [0.1, 0.15) is 50.8 Å². The van der Waals surface area contributed by atoms with E-state index in [1.807, 2.05) is 12.1 Å². The van der Waals surface area contributed by atoms with Crippen LogP contribution in [0.25, 0.3) is 0 Å². The molecule has 0 heterocycles. The van der Waals surface area contributed by atoms with Gasteiger partial charge in [-0.2, -0.15) is 0 Å². The molecule has 0 radical (unpaired) electrons. The normalized spacial score (nSPS) is 13.2. The van der Waals surface area contributed by atoms with Gasteiger partial charge in [-0.25, -0.2) is 0 Å². The van der Waals surface area contributed by atoms with Crippen molar-refractivity contribution in [3.05, 3.63) is 35.4 Å². The van der Waals surface area contributed by atoms with Gasteiger partial charge in [0.2, 0.25) is 0 Å². The van der Waals surface area contributed by atoms with Crippen molar-refractivity contribution in [3.8, 4) is 0 Å². The van der Waals surface area contributed by atoms with Crippen molar-refractivity contribution in [2.45, 2.75) is 46.6 Å². The van der Waals surface area contributed by atoms with Crippen molar-refractivity contribution in [1.82, 2.24) is 4.90 Å². The van der Waals surface area contributed by atoms with Crippen LogP contribution < -0.4 is 0 Å². The van der Waals surface area contributed by atoms with Crippen LogP contribution in [-0.4, -0.2) is 29.6 Å². The van der Waals surface area contributed by atoms with Crippen LogP contribution in [0.5, 0.6) is 0 Å². The highest BCUT2D eigenvalue weighted by Gasteiger charge is 2.15. The summed E-state index contributed by atoms with van der Waals surface area (Å²) in [5, 5.41) is 10.3. The predicted molar refractivity (Wildman–Crippen MR) is 82.3 cm³/mol. The van der Waals surface area contributed by atoms with E-state index in [1.54, 1.807) is 0 Å². The second-order valence-electron chi connectivity index (χ2n) is 5.46. The lowest BCUT2D eigenvalue weighted by atomic mass is 10.0. The smallest absolute Gasteiger partial charge is 0.0916 e. The van der Waals surface area contributed by atoms with Gasteiger partial charge in [0, 0.05) is 13.1 Å². The molecule has 0 aliphatic heterocycles. The van der Waals surface area contributed by atoms with Gasteiger partial charge in [-0.3, -0.25) is 0 Å². The van der Waals surface area contributed by atoms with E-state index >= 15 is 0 Å². The van der Waals surface area contributed by atoms with Crippen LogP contribution in [-0.2, 0) is 0 Å². The lowest BCUT2D eigenvalue weighted by Gasteiger charge is -2.27. The number of aliphatic hydroxyl groups excluding tert-OH is 1. The number of aryl methyl sites for hydroxylation is 1. The Morgan fingerprint density at radius 2 is 1.58 bits per heavy atom. The van der Waals surface area contributed by atoms with E-state index in [0.29, 0.717) is 0 Å². The first-order valence-corrected chi connectivity index (χ1v) is 7.57. The fraction of sp³-hybridized carbons (Fsp3) is 0.647. The van der Waals surface area contributed by atoms with Crippen LogP contribution in [0.15, 0.2) is 24.3 Å². The maximum absolute atomic E-state index is 10.3. The van der Waals surface area contributed by atoms with Gasteiger partial charge in [-0.15, -0.1) is 0 Å². The van der Waals surface area contributed by atoms with Crippen LogP contribution in [0.2, 0.25) is 0 Å². The molecule has 1 atom stereocenters. The zero-order valence-corrected chi connectivity index (χ0v) is 12.9. The molecule has 0 aliphatic carbocycles. The Bertz CT molecular complexity index is 343. The SMILES string of the molecule is CCC(CC)CN(CC)CC(O)c1ccc(C)cc1. The third-order valence-electron chi connectivity index (χ3n) is 4.01. The van der Waals surface area contributed by atoms with E-state index < -0.39 is 0 Å². The zero-order chi connectivity index (χ0) is 14.3. The van der Waals surface area contributed by atoms with Gasteiger partial charge >= 0.3 is 0 Å². The quantitative estimate of drug-likeness (QED) is 0.771. The number of hydrogen-bond donors (Lipinski definition) is 1. The number of likely N-dealkylation sites (N-methyl/N-ethyl adjacent to an activating group) is 1. The summed E-state index contributed by atoms with van der Waals surface area (Å²) in [7, 11) is 0. The third-order valence-corrected chi connectivity index (χ3v) is 4.01. The van der Waals surface area contributed by atoms with E-state index in [1.165, 1.54) is 18.4 Å². The van der Waals surface area contributed by atoms with E-state index in [0.717, 1.165) is 31.1 Å². The maximum Gasteiger partial charge on any atom is 0.0916 e. The van der Waals surface area contributed by atoms with Crippen LogP contribution in [0.4, 0.5) is 0 Å². The Labute approximate surface area is 118 Å². The van der Waals surface area contributed by atoms with Crippen molar-refractivity contribution in [2.24, 2.45) is 5.92 Å². The van der Waals surface area contributed by atoms with Gasteiger partial charge in [0.15, 0.2) is 0 Å². The second kappa shape index (κ2) is 8.34. The fourth-order valence-electron chi connectivity index (χ4n) is 2.38. The number of hydrogen-bond acceptors (Lipinski definition) is 2. The summed E-state index contributed by atoms with van der Waals surface area (Å²) in [6.45, 7) is 11.6. The number of aliphatic hydroxyl groups is 1. The molecule has 1 aromatic carbocycles. The summed E-state index contributed by atoms with van der Waals surface area (Å²) < 4.78 is 0. The summed E-state index contributed by atoms with van der Waals surface area (Å²) in [4.78, 5) is 2.36. The Morgan fingerprint density at radius 1 is 1.00 bits per heavy atom. The monoisotopic (exact) mass is 263 g/mol. The first-order valence-electron chi connectivity index (χ1n) is 7.57. The largest absolute Gasteiger partial charge is 0.387 e. The second-order valence-corrected chi connectivity index (χ2v) is 5.46. The van der Waals surface area contributed by atoms with Gasteiger partial charge in [0.05, 0.1) is 6.10 Å². The molecule has 1 aromatic rings. The lowest BCUT2D eigenvalue weighted by Crippen LogP contribution is -2.33. The highest BCUT2D eigenvalue weighted by Crippen LogP contribution is 2.17. The Kier molecular flexibility index (Phi) is 7.11. The molecule has 19 heavy (non-hydrogen) atoms. The molecule has 2 heteroatoms. The van der Waals surface area contributed by atoms with Crippen molar-refractivity contribution in [2.75, 3.05) is 19.6 Å². The average molecular weight is 263 g/mol. The van der Waals surface area contributed by atoms with Crippen LogP contribution >= 0.6 is 0 Å². The van der Waals surface area contributed by atoms with Gasteiger partial charge in [0.1, 0.15) is 0 Å². The molecule has 0 spiro atoms. The predicted octanol–water partition coefficient (Wildman–Crippen LogP) is 3.79. The van der Waals surface area contributed by atoms with E-state index in [2.05, 4.69) is 44.7 Å². The molecule has 1 unspecified atom stereocenters. The van der Waals surface area contributed by atoms with Gasteiger partial charge in [0.25, 0.3) is 0 Å². The number of benzene rings is 1. The Balaban J connectivity index is 2.57. The average Bonchev–Trinajstić information content (AvgIpc) is 2.43. The van der Waals surface area contributed by atoms with Crippen molar-refractivity contribution < 1.29 is 5.11 Å². The highest BCUT2D eigenvalue weighted by molar-refractivity contribution is 5.23. The number of nitrogens with zero attached hydrogens (tertiary/aromatic N) is 1. The van der Waals surface area contributed by atoms with E-state index in [-0.39, 0.29) is 6.10 Å². The summed E-state index contributed by atoms with van der Waals surface area (Å²) in [5.74, 6) is 0.741. The first-order chi connectivity index (χ1) is 9.10. The minimum atomic E-state index is -0.380. The molecule has 0 aromatic heterocycles. The van der Waals surface area contributed by atoms with Crippen LogP contribution in [0.3, 0.4) is 0 Å². The molecular weight excluding hydrogens is 234 g/mol. The Hall–Kier alpha value is -0.860. The molecule has 0 saturated heterocycles. The topological polar surface area (TPSA) is 23.5 Å². The maximum atomic E-state index is 10.3. The van der Waals surface area contributed by atoms with Crippen molar-refractivity contribution in [1.29, 1.82) is 0 Å². The zero-order valence-electron chi connectivity index (χ0n) is 12.9. The summed E-state index contributed by atoms with van der Waals surface area (Å²) >= 11 is 0. The van der Waals surface area contributed by atoms with Crippen molar-refractivity contribution in [3.63, 3.8) is 0 Å². The summed E-state index contributed by atoms with van der Waals surface area (Å²) in [5.41, 5.74) is 2.26. The lowest BCUT2D eigenvalue weighted by molar-refractivity contribution is 0.105. The van der Waals surface area contributed by atoms with Crippen molar-refractivity contribution >= 4 is 0 Å². The molecule has 2 nitrogen and oxygen atoms in total. The molecule has 0 bridgehead atoms. The van der Waals surface area contributed by atoms with Gasteiger partial charge in [-0.05, 0) is 24.9 Å². The third kappa shape index (κ3) is 5.33. The molecule has 0 amide bonds. The first kappa shape index (κ1) is 16.2. The minimum Gasteiger partial charge on any atom is -0.387 e. The van der Waals surface area contributed by atoms with Gasteiger partial charge < -0.3 is 10.0 Å². The molecule has 0 saturated carbocycles. The standard InChI is InChI=1S/C17H29NO/c1-5-15(6-2)12-18(7-3)13-17(19)16-10-8-14(4)9-11-16/h8-11,15,17,19H,5-7,12-13H2,1-4H3. The number of rotatable bonds is 8. The molecule has 108 valence electrons. The van der Waals surface area contributed by atoms with E-state index in [4.69, 9.17) is 0 Å². The van der Waals surface area contributed by atoms with E-state index in [9.17, 15) is 5.11 Å². The Morgan fingerprint density at radius 3 is 2.05 bits per heavy atom. The summed E-state index contributed by atoms with van der Waals surface area (Å²) in [6.07, 6.45) is 2.05. The molecule has 0 aliphatic rings. The van der Waals surface area contributed by atoms with Crippen LogP contribution in [0, 0.1) is 12.8 Å². The molecule has 1 rings (SSSR count). The highest BCUT2D eigenvalue weighted by atomic mass is 16.3.